The van der Waals surface area contributed by atoms with Gasteiger partial charge in [0, 0.05) is 37.3 Å². The lowest BCUT2D eigenvalue weighted by molar-refractivity contribution is -0.0699. The van der Waals surface area contributed by atoms with Crippen LogP contribution in [-0.2, 0) is 15.9 Å². The van der Waals surface area contributed by atoms with Crippen molar-refractivity contribution in [1.82, 2.24) is 15.1 Å². The van der Waals surface area contributed by atoms with E-state index in [1.807, 2.05) is 18.7 Å². The first-order chi connectivity index (χ1) is 10.6. The van der Waals surface area contributed by atoms with Gasteiger partial charge in [0.05, 0.1) is 17.9 Å². The van der Waals surface area contributed by atoms with Crippen LogP contribution < -0.4 is 0 Å². The Labute approximate surface area is 130 Å². The topological polar surface area (TPSA) is 67.5 Å². The SMILES string of the molecule is C[C@@H]1Cc2c(C(=O)N3CCC34CCOCC4)n[nH]c2[C@H](C)O1. The molecule has 6 heteroatoms. The predicted molar refractivity (Wildman–Crippen MR) is 79.7 cm³/mol. The third-order valence-corrected chi connectivity index (χ3v) is 5.48. The van der Waals surface area contributed by atoms with Crippen LogP contribution in [0.3, 0.4) is 0 Å². The number of rotatable bonds is 1. The first kappa shape index (κ1) is 14.2. The fourth-order valence-corrected chi connectivity index (χ4v) is 4.11. The average molecular weight is 305 g/mol. The van der Waals surface area contributed by atoms with E-state index in [4.69, 9.17) is 9.47 Å². The number of carbonyl (C=O) groups excluding carboxylic acids is 1. The van der Waals surface area contributed by atoms with E-state index in [-0.39, 0.29) is 23.7 Å². The lowest BCUT2D eigenvalue weighted by Gasteiger charge is -2.54. The summed E-state index contributed by atoms with van der Waals surface area (Å²) in [6, 6.07) is 0. The number of aromatic nitrogens is 2. The molecule has 1 aromatic rings. The Morgan fingerprint density at radius 3 is 2.77 bits per heavy atom. The van der Waals surface area contributed by atoms with Gasteiger partial charge < -0.3 is 14.4 Å². The fourth-order valence-electron chi connectivity index (χ4n) is 4.11. The van der Waals surface area contributed by atoms with Gasteiger partial charge >= 0.3 is 0 Å². The van der Waals surface area contributed by atoms with Crippen molar-refractivity contribution in [2.45, 2.75) is 57.3 Å². The highest BCUT2D eigenvalue weighted by molar-refractivity contribution is 5.95. The Bertz CT molecular complexity index is 591. The lowest BCUT2D eigenvalue weighted by atomic mass is 9.77. The van der Waals surface area contributed by atoms with Crippen LogP contribution in [0.5, 0.6) is 0 Å². The first-order valence-electron chi connectivity index (χ1n) is 8.23. The van der Waals surface area contributed by atoms with E-state index >= 15 is 0 Å². The van der Waals surface area contributed by atoms with Crippen molar-refractivity contribution in [3.8, 4) is 0 Å². The van der Waals surface area contributed by atoms with Crippen LogP contribution in [0.1, 0.15) is 61.0 Å². The molecule has 1 aromatic heterocycles. The van der Waals surface area contributed by atoms with Crippen molar-refractivity contribution in [3.63, 3.8) is 0 Å². The monoisotopic (exact) mass is 305 g/mol. The molecule has 4 heterocycles. The molecular weight excluding hydrogens is 282 g/mol. The Morgan fingerprint density at radius 2 is 2.09 bits per heavy atom. The van der Waals surface area contributed by atoms with Gasteiger partial charge in [0.25, 0.3) is 5.91 Å². The summed E-state index contributed by atoms with van der Waals surface area (Å²) in [5.41, 5.74) is 2.62. The van der Waals surface area contributed by atoms with Crippen molar-refractivity contribution in [2.75, 3.05) is 19.8 Å². The van der Waals surface area contributed by atoms with Gasteiger partial charge in [-0.1, -0.05) is 0 Å². The van der Waals surface area contributed by atoms with Crippen molar-refractivity contribution in [3.05, 3.63) is 17.0 Å². The second kappa shape index (κ2) is 5.06. The molecule has 0 aromatic carbocycles. The fraction of sp³-hybridized carbons (Fsp3) is 0.750. The third kappa shape index (κ3) is 2.01. The summed E-state index contributed by atoms with van der Waals surface area (Å²) < 4.78 is 11.3. The molecule has 2 fully saturated rings. The van der Waals surface area contributed by atoms with Gasteiger partial charge in [0.1, 0.15) is 0 Å². The maximum absolute atomic E-state index is 13.0. The minimum Gasteiger partial charge on any atom is -0.381 e. The molecule has 1 spiro atoms. The Morgan fingerprint density at radius 1 is 1.32 bits per heavy atom. The number of likely N-dealkylation sites (tertiary alicyclic amines) is 1. The van der Waals surface area contributed by atoms with E-state index in [0.717, 1.165) is 56.7 Å². The second-order valence-electron chi connectivity index (χ2n) is 6.80. The molecular formula is C16H23N3O3. The van der Waals surface area contributed by atoms with Crippen molar-refractivity contribution in [1.29, 1.82) is 0 Å². The van der Waals surface area contributed by atoms with Crippen LogP contribution in [0.25, 0.3) is 0 Å². The van der Waals surface area contributed by atoms with Crippen LogP contribution >= 0.6 is 0 Å². The lowest BCUT2D eigenvalue weighted by Crippen LogP contribution is -2.64. The van der Waals surface area contributed by atoms with Gasteiger partial charge in [-0.15, -0.1) is 0 Å². The minimum absolute atomic E-state index is 0.0174. The molecule has 1 N–H and O–H groups in total. The minimum atomic E-state index is -0.0266. The average Bonchev–Trinajstić information content (AvgIpc) is 2.91. The van der Waals surface area contributed by atoms with Crippen LogP contribution in [0, 0.1) is 0 Å². The van der Waals surface area contributed by atoms with Gasteiger partial charge in [-0.3, -0.25) is 9.89 Å². The Balaban J connectivity index is 1.62. The number of ether oxygens (including phenoxy) is 2. The number of fused-ring (bicyclic) bond motifs is 1. The Kier molecular flexibility index (Phi) is 3.27. The van der Waals surface area contributed by atoms with Crippen LogP contribution in [0.2, 0.25) is 0 Å². The summed E-state index contributed by atoms with van der Waals surface area (Å²) >= 11 is 0. The normalized spacial score (nSPS) is 30.0. The van der Waals surface area contributed by atoms with Crippen LogP contribution in [-0.4, -0.2) is 52.4 Å². The summed E-state index contributed by atoms with van der Waals surface area (Å²) in [4.78, 5) is 15.0. The zero-order valence-electron chi connectivity index (χ0n) is 13.2. The number of aromatic amines is 1. The second-order valence-corrected chi connectivity index (χ2v) is 6.80. The van der Waals surface area contributed by atoms with Gasteiger partial charge in [-0.05, 0) is 33.1 Å². The molecule has 2 atom stereocenters. The molecule has 4 rings (SSSR count). The number of hydrogen-bond donors (Lipinski definition) is 1. The van der Waals surface area contributed by atoms with Crippen molar-refractivity contribution >= 4 is 5.91 Å². The molecule has 0 bridgehead atoms. The quantitative estimate of drug-likeness (QED) is 0.859. The molecule has 3 aliphatic heterocycles. The highest BCUT2D eigenvalue weighted by Gasteiger charge is 2.49. The maximum atomic E-state index is 13.0. The standard InChI is InChI=1S/C16H23N3O3/c1-10-9-12-13(11(2)22-10)17-18-14(12)15(20)19-6-3-16(19)4-7-21-8-5-16/h10-11H,3-9H2,1-2H3,(H,17,18)/t10-,11+/m1/s1. The molecule has 0 radical (unpaired) electrons. The smallest absolute Gasteiger partial charge is 0.275 e. The molecule has 0 aliphatic carbocycles. The number of nitrogens with one attached hydrogen (secondary N) is 1. The summed E-state index contributed by atoms with van der Waals surface area (Å²) in [6.45, 7) is 6.39. The van der Waals surface area contributed by atoms with Crippen LogP contribution in [0.15, 0.2) is 0 Å². The van der Waals surface area contributed by atoms with E-state index < -0.39 is 0 Å². The largest absolute Gasteiger partial charge is 0.381 e. The molecule has 0 saturated carbocycles. The van der Waals surface area contributed by atoms with Crippen molar-refractivity contribution < 1.29 is 14.3 Å². The maximum Gasteiger partial charge on any atom is 0.275 e. The Hall–Kier alpha value is -1.40. The van der Waals surface area contributed by atoms with E-state index in [9.17, 15) is 4.79 Å². The van der Waals surface area contributed by atoms with E-state index in [0.29, 0.717) is 5.69 Å². The van der Waals surface area contributed by atoms with Gasteiger partial charge in [-0.25, -0.2) is 0 Å². The first-order valence-corrected chi connectivity index (χ1v) is 8.23. The molecule has 120 valence electrons. The summed E-state index contributed by atoms with van der Waals surface area (Å²) in [5.74, 6) is 0.0759. The highest BCUT2D eigenvalue weighted by Crippen LogP contribution is 2.41. The molecule has 0 unspecified atom stereocenters. The molecule has 22 heavy (non-hydrogen) atoms. The molecule has 1 amide bonds. The number of H-pyrrole nitrogens is 1. The van der Waals surface area contributed by atoms with E-state index in [1.165, 1.54) is 0 Å². The number of amides is 1. The summed E-state index contributed by atoms with van der Waals surface area (Å²) in [6.07, 6.45) is 3.83. The number of nitrogens with zero attached hydrogens (tertiary/aromatic N) is 2. The zero-order valence-corrected chi connectivity index (χ0v) is 13.2. The van der Waals surface area contributed by atoms with Crippen LogP contribution in [0.4, 0.5) is 0 Å². The van der Waals surface area contributed by atoms with Gasteiger partial charge in [0.15, 0.2) is 5.69 Å². The van der Waals surface area contributed by atoms with E-state index in [2.05, 4.69) is 10.2 Å². The third-order valence-electron chi connectivity index (χ3n) is 5.48. The van der Waals surface area contributed by atoms with E-state index in [1.54, 1.807) is 0 Å². The summed E-state index contributed by atoms with van der Waals surface area (Å²) in [5, 5.41) is 7.36. The van der Waals surface area contributed by atoms with Gasteiger partial charge in [-0.2, -0.15) is 5.10 Å². The highest BCUT2D eigenvalue weighted by atomic mass is 16.5. The molecule has 6 nitrogen and oxygen atoms in total. The van der Waals surface area contributed by atoms with Crippen molar-refractivity contribution in [2.24, 2.45) is 0 Å². The number of carbonyl (C=O) groups is 1. The zero-order chi connectivity index (χ0) is 15.3. The molecule has 2 saturated heterocycles. The predicted octanol–water partition coefficient (Wildman–Crippen LogP) is 1.83. The number of hydrogen-bond acceptors (Lipinski definition) is 4. The summed E-state index contributed by atoms with van der Waals surface area (Å²) in [7, 11) is 0. The van der Waals surface area contributed by atoms with Gasteiger partial charge in [0.2, 0.25) is 0 Å². The molecule has 3 aliphatic rings.